The average Bonchev–Trinajstić information content (AvgIpc) is 3.06. The molecule has 4 aromatic rings. The van der Waals surface area contributed by atoms with E-state index in [9.17, 15) is 13.2 Å². The molecule has 28 heavy (non-hydrogen) atoms. The van der Waals surface area contributed by atoms with Gasteiger partial charge in [0.2, 0.25) is 0 Å². The first-order valence-electron chi connectivity index (χ1n) is 8.76. The number of rotatable bonds is 4. The summed E-state index contributed by atoms with van der Waals surface area (Å²) in [5, 5.41) is 1.20. The van der Waals surface area contributed by atoms with Crippen molar-refractivity contribution < 1.29 is 17.9 Å². The Morgan fingerprint density at radius 1 is 0.857 bits per heavy atom. The minimum atomic E-state index is -4.32. The molecule has 0 aliphatic heterocycles. The Hall–Kier alpha value is -2.49. The van der Waals surface area contributed by atoms with Gasteiger partial charge in [0, 0.05) is 0 Å². The van der Waals surface area contributed by atoms with Gasteiger partial charge in [-0.25, -0.2) is 0 Å². The molecule has 1 heterocycles. The van der Waals surface area contributed by atoms with Crippen LogP contribution in [0.3, 0.4) is 0 Å². The van der Waals surface area contributed by atoms with E-state index >= 15 is 0 Å². The fourth-order valence-electron chi connectivity index (χ4n) is 3.27. The van der Waals surface area contributed by atoms with Crippen molar-refractivity contribution >= 4 is 24.1 Å². The van der Waals surface area contributed by atoms with Crippen molar-refractivity contribution in [1.82, 2.24) is 0 Å². The van der Waals surface area contributed by atoms with Crippen LogP contribution in [-0.4, -0.2) is 21.6 Å². The van der Waals surface area contributed by atoms with E-state index in [1.807, 2.05) is 36.4 Å². The maximum atomic E-state index is 12.9. The molecule has 0 bridgehead atoms. The number of methoxy groups -OCH3 is 1. The number of halogens is 3. The van der Waals surface area contributed by atoms with E-state index in [0.717, 1.165) is 27.7 Å². The van der Waals surface area contributed by atoms with Crippen LogP contribution in [0.4, 0.5) is 13.2 Å². The zero-order valence-electron chi connectivity index (χ0n) is 15.1. The second kappa shape index (κ2) is 7.50. The van der Waals surface area contributed by atoms with Gasteiger partial charge in [-0.2, -0.15) is 0 Å². The third-order valence-corrected chi connectivity index (χ3v) is 7.36. The fraction of sp³-hybridized carbons (Fsp3) is 0.130. The molecule has 0 spiro atoms. The standard InChI is InChI=1S/C23H17F3OSe/c1-27-18-12-6-15(7-13-18)14-20-19-4-2-3-5-21(19)28-22(20)16-8-10-17(11-9-16)23(24,25)26/h2-13H,14H2,1H3. The summed E-state index contributed by atoms with van der Waals surface area (Å²) in [6.45, 7) is 0. The molecule has 0 saturated heterocycles. The summed E-state index contributed by atoms with van der Waals surface area (Å²) in [5.41, 5.74) is 2.59. The first-order chi connectivity index (χ1) is 13.5. The molecule has 0 unspecified atom stereocenters. The molecule has 5 heteroatoms. The molecule has 0 N–H and O–H groups in total. The molecule has 0 amide bonds. The molecule has 4 rings (SSSR count). The Balaban J connectivity index is 1.78. The zero-order valence-corrected chi connectivity index (χ0v) is 16.8. The van der Waals surface area contributed by atoms with E-state index in [1.54, 1.807) is 19.2 Å². The van der Waals surface area contributed by atoms with Gasteiger partial charge in [-0.15, -0.1) is 0 Å². The van der Waals surface area contributed by atoms with Gasteiger partial charge in [0.05, 0.1) is 0 Å². The molecule has 0 fully saturated rings. The summed E-state index contributed by atoms with van der Waals surface area (Å²) in [6, 6.07) is 21.7. The molecule has 0 aliphatic rings. The molecule has 142 valence electrons. The Bertz CT molecular complexity index is 1090. The summed E-state index contributed by atoms with van der Waals surface area (Å²) in [7, 11) is 1.63. The van der Waals surface area contributed by atoms with Gasteiger partial charge in [-0.3, -0.25) is 0 Å². The summed E-state index contributed by atoms with van der Waals surface area (Å²) in [5.74, 6) is 0.803. The van der Waals surface area contributed by atoms with Gasteiger partial charge < -0.3 is 0 Å². The molecule has 0 aliphatic carbocycles. The van der Waals surface area contributed by atoms with Crippen molar-refractivity contribution in [2.75, 3.05) is 7.11 Å². The first-order valence-corrected chi connectivity index (χ1v) is 10.5. The summed E-state index contributed by atoms with van der Waals surface area (Å²) in [4.78, 5) is 0. The van der Waals surface area contributed by atoms with Gasteiger partial charge >= 0.3 is 167 Å². The normalized spacial score (nSPS) is 11.7. The van der Waals surface area contributed by atoms with E-state index in [0.29, 0.717) is 0 Å². The van der Waals surface area contributed by atoms with E-state index in [1.165, 1.54) is 27.3 Å². The predicted molar refractivity (Wildman–Crippen MR) is 107 cm³/mol. The Morgan fingerprint density at radius 3 is 2.18 bits per heavy atom. The fourth-order valence-corrected chi connectivity index (χ4v) is 5.84. The zero-order chi connectivity index (χ0) is 19.7. The molecule has 0 radical (unpaired) electrons. The van der Waals surface area contributed by atoms with Crippen molar-refractivity contribution in [3.8, 4) is 15.8 Å². The summed E-state index contributed by atoms with van der Waals surface area (Å²) in [6.07, 6.45) is -3.58. The van der Waals surface area contributed by atoms with Crippen LogP contribution in [0, 0.1) is 0 Å². The first kappa shape index (κ1) is 18.9. The van der Waals surface area contributed by atoms with Crippen molar-refractivity contribution in [2.24, 2.45) is 0 Å². The van der Waals surface area contributed by atoms with Crippen LogP contribution in [0.25, 0.3) is 19.6 Å². The molecular weight excluding hydrogens is 428 g/mol. The maximum absolute atomic E-state index is 12.9. The van der Waals surface area contributed by atoms with Crippen LogP contribution in [0.1, 0.15) is 16.7 Å². The van der Waals surface area contributed by atoms with E-state index in [-0.39, 0.29) is 14.5 Å². The van der Waals surface area contributed by atoms with Crippen LogP contribution in [0.15, 0.2) is 72.8 Å². The number of alkyl halides is 3. The second-order valence-corrected chi connectivity index (χ2v) is 8.71. The number of fused-ring (bicyclic) bond motifs is 1. The van der Waals surface area contributed by atoms with Crippen molar-refractivity contribution in [2.45, 2.75) is 12.6 Å². The molecule has 0 saturated carbocycles. The van der Waals surface area contributed by atoms with Gasteiger partial charge in [-0.1, -0.05) is 0 Å². The summed E-state index contributed by atoms with van der Waals surface area (Å²) >= 11 is 0.0676. The van der Waals surface area contributed by atoms with Gasteiger partial charge in [-0.05, 0) is 0 Å². The van der Waals surface area contributed by atoms with Gasteiger partial charge in [0.15, 0.2) is 0 Å². The van der Waals surface area contributed by atoms with Gasteiger partial charge in [0.25, 0.3) is 0 Å². The minimum absolute atomic E-state index is 0.0676. The quantitative estimate of drug-likeness (QED) is 0.341. The monoisotopic (exact) mass is 446 g/mol. The number of benzene rings is 3. The molecule has 1 aromatic heterocycles. The third kappa shape index (κ3) is 3.73. The average molecular weight is 445 g/mol. The van der Waals surface area contributed by atoms with Crippen LogP contribution < -0.4 is 4.74 Å². The Kier molecular flexibility index (Phi) is 5.05. The molecule has 0 atom stereocenters. The third-order valence-electron chi connectivity index (χ3n) is 4.71. The van der Waals surface area contributed by atoms with E-state index < -0.39 is 11.7 Å². The Labute approximate surface area is 167 Å². The van der Waals surface area contributed by atoms with Gasteiger partial charge in [0.1, 0.15) is 0 Å². The van der Waals surface area contributed by atoms with Crippen molar-refractivity contribution in [3.05, 3.63) is 89.5 Å². The molecule has 3 aromatic carbocycles. The number of hydrogen-bond donors (Lipinski definition) is 0. The van der Waals surface area contributed by atoms with Crippen LogP contribution >= 0.6 is 0 Å². The SMILES string of the molecule is COc1ccc(Cc2c(-c3ccc(C(F)(F)F)cc3)[se]c3ccccc23)cc1. The van der Waals surface area contributed by atoms with Crippen LogP contribution in [-0.2, 0) is 12.6 Å². The van der Waals surface area contributed by atoms with Crippen LogP contribution in [0.2, 0.25) is 0 Å². The number of ether oxygens (including phenoxy) is 1. The second-order valence-electron chi connectivity index (χ2n) is 6.51. The predicted octanol–water partition coefficient (Wildman–Crippen LogP) is 6.18. The van der Waals surface area contributed by atoms with E-state index in [2.05, 4.69) is 12.1 Å². The van der Waals surface area contributed by atoms with E-state index in [4.69, 9.17) is 4.74 Å². The number of hydrogen-bond acceptors (Lipinski definition) is 1. The summed E-state index contributed by atoms with van der Waals surface area (Å²) < 4.78 is 46.4. The molecular formula is C23H17F3OSe. The van der Waals surface area contributed by atoms with Crippen molar-refractivity contribution in [1.29, 1.82) is 0 Å². The van der Waals surface area contributed by atoms with Crippen molar-refractivity contribution in [3.63, 3.8) is 0 Å². The topological polar surface area (TPSA) is 9.23 Å². The van der Waals surface area contributed by atoms with Crippen LogP contribution in [0.5, 0.6) is 5.75 Å². The molecule has 1 nitrogen and oxygen atoms in total. The Morgan fingerprint density at radius 2 is 1.54 bits per heavy atom.